The van der Waals surface area contributed by atoms with Crippen LogP contribution in [0.3, 0.4) is 0 Å². The van der Waals surface area contributed by atoms with Crippen molar-refractivity contribution in [3.63, 3.8) is 0 Å². The first-order valence-corrected chi connectivity index (χ1v) is 6.60. The molecule has 0 heterocycles. The molecule has 2 aromatic carbocycles. The van der Waals surface area contributed by atoms with E-state index in [9.17, 15) is 10.2 Å². The third-order valence-electron chi connectivity index (χ3n) is 3.62. The van der Waals surface area contributed by atoms with Crippen LogP contribution in [0.2, 0.25) is 0 Å². The molecule has 0 aliphatic rings. The molecule has 1 atom stereocenters. The third kappa shape index (κ3) is 3.03. The Morgan fingerprint density at radius 3 is 2.00 bits per heavy atom. The highest BCUT2D eigenvalue weighted by atomic mass is 16.3. The molecule has 19 heavy (non-hydrogen) atoms. The first-order chi connectivity index (χ1) is 9.27. The van der Waals surface area contributed by atoms with Crippen molar-refractivity contribution in [3.8, 4) is 0 Å². The zero-order valence-electron chi connectivity index (χ0n) is 11.2. The molecule has 0 fully saturated rings. The van der Waals surface area contributed by atoms with E-state index >= 15 is 0 Å². The SMILES string of the molecule is Cc1ccccc1[C@@H](c1ccccc1)C(CO)CO. The fourth-order valence-corrected chi connectivity index (χ4v) is 2.57. The molecule has 2 N–H and O–H groups in total. The molecule has 0 aromatic heterocycles. The number of rotatable bonds is 5. The molecule has 0 saturated heterocycles. The van der Waals surface area contributed by atoms with Gasteiger partial charge in [0.15, 0.2) is 0 Å². The Bertz CT molecular complexity index is 504. The van der Waals surface area contributed by atoms with E-state index in [1.165, 1.54) is 11.1 Å². The summed E-state index contributed by atoms with van der Waals surface area (Å²) in [6.07, 6.45) is 0. The summed E-state index contributed by atoms with van der Waals surface area (Å²) in [5.41, 5.74) is 3.48. The second kappa shape index (κ2) is 6.50. The van der Waals surface area contributed by atoms with Crippen molar-refractivity contribution >= 4 is 0 Å². The van der Waals surface area contributed by atoms with Crippen LogP contribution in [0.1, 0.15) is 22.6 Å². The lowest BCUT2D eigenvalue weighted by atomic mass is 9.80. The monoisotopic (exact) mass is 256 g/mol. The van der Waals surface area contributed by atoms with E-state index in [1.54, 1.807) is 0 Å². The summed E-state index contributed by atoms with van der Waals surface area (Å²) in [6.45, 7) is 2.02. The maximum Gasteiger partial charge on any atom is 0.0490 e. The van der Waals surface area contributed by atoms with E-state index < -0.39 is 0 Å². The Kier molecular flexibility index (Phi) is 4.72. The molecule has 0 radical (unpaired) electrons. The molecule has 2 aromatic rings. The van der Waals surface area contributed by atoms with E-state index in [1.807, 2.05) is 30.3 Å². The quantitative estimate of drug-likeness (QED) is 0.863. The summed E-state index contributed by atoms with van der Waals surface area (Å²) in [5, 5.41) is 19.1. The van der Waals surface area contributed by atoms with Crippen LogP contribution in [0.15, 0.2) is 54.6 Å². The van der Waals surface area contributed by atoms with E-state index in [4.69, 9.17) is 0 Å². The van der Waals surface area contributed by atoms with Crippen molar-refractivity contribution in [2.24, 2.45) is 5.92 Å². The highest BCUT2D eigenvalue weighted by Crippen LogP contribution is 2.33. The summed E-state index contributed by atoms with van der Waals surface area (Å²) in [4.78, 5) is 0. The van der Waals surface area contributed by atoms with Crippen LogP contribution in [-0.4, -0.2) is 23.4 Å². The minimum atomic E-state index is -0.177. The van der Waals surface area contributed by atoms with Gasteiger partial charge < -0.3 is 10.2 Å². The van der Waals surface area contributed by atoms with Crippen LogP contribution in [0.25, 0.3) is 0 Å². The first kappa shape index (κ1) is 13.8. The van der Waals surface area contributed by atoms with Gasteiger partial charge in [0, 0.05) is 25.0 Å². The lowest BCUT2D eigenvalue weighted by Gasteiger charge is -2.26. The van der Waals surface area contributed by atoms with E-state index in [0.29, 0.717) is 0 Å². The molecule has 2 nitrogen and oxygen atoms in total. The van der Waals surface area contributed by atoms with Gasteiger partial charge >= 0.3 is 0 Å². The van der Waals surface area contributed by atoms with Crippen molar-refractivity contribution in [1.82, 2.24) is 0 Å². The molecule has 0 aliphatic heterocycles. The first-order valence-electron chi connectivity index (χ1n) is 6.60. The largest absolute Gasteiger partial charge is 0.396 e. The van der Waals surface area contributed by atoms with Gasteiger partial charge in [0.25, 0.3) is 0 Å². The molecule has 0 bridgehead atoms. The maximum absolute atomic E-state index is 9.55. The van der Waals surface area contributed by atoms with Gasteiger partial charge in [-0.05, 0) is 23.6 Å². The Morgan fingerprint density at radius 1 is 0.842 bits per heavy atom. The van der Waals surface area contributed by atoms with Gasteiger partial charge in [-0.15, -0.1) is 0 Å². The van der Waals surface area contributed by atoms with Crippen LogP contribution >= 0.6 is 0 Å². The van der Waals surface area contributed by atoms with Crippen molar-refractivity contribution in [2.75, 3.05) is 13.2 Å². The van der Waals surface area contributed by atoms with Gasteiger partial charge in [0.05, 0.1) is 0 Å². The molecule has 0 amide bonds. The predicted molar refractivity (Wildman–Crippen MR) is 77.1 cm³/mol. The lowest BCUT2D eigenvalue weighted by molar-refractivity contribution is 0.138. The molecular weight excluding hydrogens is 236 g/mol. The third-order valence-corrected chi connectivity index (χ3v) is 3.62. The Hall–Kier alpha value is -1.64. The summed E-state index contributed by atoms with van der Waals surface area (Å²) in [5.74, 6) is -0.152. The minimum absolute atomic E-state index is 0.0234. The van der Waals surface area contributed by atoms with Crippen LogP contribution < -0.4 is 0 Å². The van der Waals surface area contributed by atoms with E-state index in [2.05, 4.69) is 31.2 Å². The second-order valence-corrected chi connectivity index (χ2v) is 4.87. The van der Waals surface area contributed by atoms with Gasteiger partial charge in [-0.2, -0.15) is 0 Å². The number of aryl methyl sites for hydroxylation is 1. The summed E-state index contributed by atoms with van der Waals surface area (Å²) < 4.78 is 0. The molecule has 0 aliphatic carbocycles. The number of aliphatic hydroxyl groups excluding tert-OH is 2. The molecule has 2 heteroatoms. The molecule has 0 spiro atoms. The zero-order valence-corrected chi connectivity index (χ0v) is 11.2. The van der Waals surface area contributed by atoms with Gasteiger partial charge in [0.2, 0.25) is 0 Å². The number of hydrogen-bond donors (Lipinski definition) is 2. The summed E-state index contributed by atoms with van der Waals surface area (Å²) in [7, 11) is 0. The van der Waals surface area contributed by atoms with Crippen LogP contribution in [0.5, 0.6) is 0 Å². The van der Waals surface area contributed by atoms with Crippen molar-refractivity contribution < 1.29 is 10.2 Å². The van der Waals surface area contributed by atoms with Gasteiger partial charge in [-0.25, -0.2) is 0 Å². The minimum Gasteiger partial charge on any atom is -0.396 e. The molecule has 0 saturated carbocycles. The smallest absolute Gasteiger partial charge is 0.0490 e. The second-order valence-electron chi connectivity index (χ2n) is 4.87. The molecule has 0 unspecified atom stereocenters. The number of aliphatic hydroxyl groups is 2. The van der Waals surface area contributed by atoms with Crippen molar-refractivity contribution in [3.05, 3.63) is 71.3 Å². The number of hydrogen-bond acceptors (Lipinski definition) is 2. The Morgan fingerprint density at radius 2 is 1.42 bits per heavy atom. The van der Waals surface area contributed by atoms with E-state index in [0.717, 1.165) is 5.56 Å². The highest BCUT2D eigenvalue weighted by molar-refractivity contribution is 5.38. The van der Waals surface area contributed by atoms with Gasteiger partial charge in [-0.3, -0.25) is 0 Å². The van der Waals surface area contributed by atoms with Crippen LogP contribution in [0.4, 0.5) is 0 Å². The topological polar surface area (TPSA) is 40.5 Å². The summed E-state index contributed by atoms with van der Waals surface area (Å²) >= 11 is 0. The molecule has 100 valence electrons. The van der Waals surface area contributed by atoms with Crippen molar-refractivity contribution in [2.45, 2.75) is 12.8 Å². The zero-order chi connectivity index (χ0) is 13.7. The summed E-state index contributed by atoms with van der Waals surface area (Å²) in [6, 6.07) is 18.2. The maximum atomic E-state index is 9.55. The lowest BCUT2D eigenvalue weighted by Crippen LogP contribution is -2.22. The Labute approximate surface area is 114 Å². The highest BCUT2D eigenvalue weighted by Gasteiger charge is 2.24. The molecular formula is C17H20O2. The van der Waals surface area contributed by atoms with E-state index in [-0.39, 0.29) is 25.0 Å². The normalized spacial score (nSPS) is 12.6. The van der Waals surface area contributed by atoms with Gasteiger partial charge in [0.1, 0.15) is 0 Å². The number of benzene rings is 2. The predicted octanol–water partition coefficient (Wildman–Crippen LogP) is 2.73. The van der Waals surface area contributed by atoms with Gasteiger partial charge in [-0.1, -0.05) is 54.6 Å². The standard InChI is InChI=1S/C17H20O2/c1-13-7-5-6-10-16(13)17(15(11-18)12-19)14-8-3-2-4-9-14/h2-10,15,17-19H,11-12H2,1H3/t17-/m0/s1. The van der Waals surface area contributed by atoms with Crippen molar-refractivity contribution in [1.29, 1.82) is 0 Å². The fourth-order valence-electron chi connectivity index (χ4n) is 2.57. The average molecular weight is 256 g/mol. The average Bonchev–Trinajstić information content (AvgIpc) is 2.47. The Balaban J connectivity index is 2.49. The van der Waals surface area contributed by atoms with Crippen LogP contribution in [0, 0.1) is 12.8 Å². The fraction of sp³-hybridized carbons (Fsp3) is 0.294. The molecule has 2 rings (SSSR count). The van der Waals surface area contributed by atoms with Crippen LogP contribution in [-0.2, 0) is 0 Å².